The van der Waals surface area contributed by atoms with E-state index in [9.17, 15) is 13.2 Å². The van der Waals surface area contributed by atoms with Crippen molar-refractivity contribution in [2.24, 2.45) is 0 Å². The molecule has 0 aliphatic carbocycles. The molecule has 0 fully saturated rings. The molecule has 0 amide bonds. The molecule has 0 radical (unpaired) electrons. The number of aromatic nitrogens is 3. The van der Waals surface area contributed by atoms with Gasteiger partial charge in [0.25, 0.3) is 0 Å². The van der Waals surface area contributed by atoms with Gasteiger partial charge in [-0.25, -0.2) is 23.1 Å². The van der Waals surface area contributed by atoms with Crippen molar-refractivity contribution in [1.29, 1.82) is 0 Å². The minimum absolute atomic E-state index is 0.0102. The van der Waals surface area contributed by atoms with Gasteiger partial charge in [0, 0.05) is 11.1 Å². The van der Waals surface area contributed by atoms with Crippen molar-refractivity contribution >= 4 is 33.0 Å². The topological polar surface area (TPSA) is 105 Å². The van der Waals surface area contributed by atoms with Crippen molar-refractivity contribution in [3.8, 4) is 0 Å². The number of hydrogen-bond donors (Lipinski definition) is 2. The molecule has 0 spiro atoms. The zero-order chi connectivity index (χ0) is 13.2. The second-order valence-electron chi connectivity index (χ2n) is 3.19. The number of sulfonamides is 1. The van der Waals surface area contributed by atoms with Crippen LogP contribution >= 0.6 is 22.9 Å². The van der Waals surface area contributed by atoms with Crippen LogP contribution in [0.3, 0.4) is 0 Å². The number of aromatic amines is 1. The Bertz CT molecular complexity index is 692. The molecule has 0 bridgehead atoms. The zero-order valence-electron chi connectivity index (χ0n) is 8.75. The first-order chi connectivity index (χ1) is 8.47. The second-order valence-corrected chi connectivity index (χ2v) is 6.13. The van der Waals surface area contributed by atoms with E-state index in [0.29, 0.717) is 5.69 Å². The van der Waals surface area contributed by atoms with E-state index in [-0.39, 0.29) is 21.6 Å². The van der Waals surface area contributed by atoms with E-state index in [1.165, 1.54) is 0 Å². The average molecular weight is 307 g/mol. The molecule has 0 saturated heterocycles. The highest BCUT2D eigenvalue weighted by Crippen LogP contribution is 2.08. The van der Waals surface area contributed by atoms with Crippen LogP contribution in [-0.2, 0) is 16.6 Å². The van der Waals surface area contributed by atoms with Gasteiger partial charge >= 0.3 is 4.87 Å². The molecule has 2 aromatic rings. The maximum Gasteiger partial charge on any atom is 0.304 e. The summed E-state index contributed by atoms with van der Waals surface area (Å²) in [4.78, 5) is 20.2. The second kappa shape index (κ2) is 5.14. The molecule has 0 aliphatic rings. The van der Waals surface area contributed by atoms with Crippen LogP contribution in [0.4, 0.5) is 0 Å². The van der Waals surface area contributed by atoms with Crippen molar-refractivity contribution in [1.82, 2.24) is 19.7 Å². The van der Waals surface area contributed by atoms with Crippen molar-refractivity contribution in [2.75, 3.05) is 0 Å². The molecule has 18 heavy (non-hydrogen) atoms. The summed E-state index contributed by atoms with van der Waals surface area (Å²) in [6, 6.07) is 0. The minimum atomic E-state index is -3.72. The minimum Gasteiger partial charge on any atom is -0.315 e. The fourth-order valence-electron chi connectivity index (χ4n) is 1.10. The number of nitrogens with zero attached hydrogens (tertiary/aromatic N) is 2. The monoisotopic (exact) mass is 306 g/mol. The van der Waals surface area contributed by atoms with Gasteiger partial charge < -0.3 is 4.98 Å². The molecular formula is C8H7ClN4O3S2. The Hall–Kier alpha value is -1.29. The number of rotatable bonds is 4. The van der Waals surface area contributed by atoms with Crippen molar-refractivity contribution in [3.05, 3.63) is 38.4 Å². The van der Waals surface area contributed by atoms with E-state index >= 15 is 0 Å². The Labute approximate surface area is 111 Å². The lowest BCUT2D eigenvalue weighted by Crippen LogP contribution is -2.24. The third-order valence-electron chi connectivity index (χ3n) is 1.93. The summed E-state index contributed by atoms with van der Waals surface area (Å²) in [5, 5.41) is 1.51. The summed E-state index contributed by atoms with van der Waals surface area (Å²) in [5.74, 6) is 0. The first-order valence-electron chi connectivity index (χ1n) is 4.61. The molecule has 10 heteroatoms. The summed E-state index contributed by atoms with van der Waals surface area (Å²) >= 11 is 6.43. The van der Waals surface area contributed by atoms with Gasteiger partial charge in [-0.05, 0) is 11.6 Å². The van der Waals surface area contributed by atoms with Crippen LogP contribution in [0.2, 0.25) is 5.28 Å². The van der Waals surface area contributed by atoms with Crippen molar-refractivity contribution < 1.29 is 8.42 Å². The Balaban J connectivity index is 2.12. The van der Waals surface area contributed by atoms with E-state index in [1.807, 2.05) is 0 Å². The SMILES string of the molecule is O=c1[nH]c(CNS(=O)(=O)c2cnc(Cl)nc2)cs1. The molecule has 0 atom stereocenters. The molecule has 2 aromatic heterocycles. The number of halogens is 1. The highest BCUT2D eigenvalue weighted by atomic mass is 35.5. The zero-order valence-corrected chi connectivity index (χ0v) is 11.1. The predicted molar refractivity (Wildman–Crippen MR) is 66.0 cm³/mol. The standard InChI is InChI=1S/C8H7ClN4O3S2/c9-7-10-2-6(3-11-7)18(15,16)12-1-5-4-17-8(14)13-5/h2-4,12H,1H2,(H,13,14). The molecular weight excluding hydrogens is 300 g/mol. The van der Waals surface area contributed by atoms with E-state index in [1.54, 1.807) is 5.38 Å². The van der Waals surface area contributed by atoms with Crippen LogP contribution < -0.4 is 9.60 Å². The molecule has 0 unspecified atom stereocenters. The van der Waals surface area contributed by atoms with Crippen LogP contribution in [0.5, 0.6) is 0 Å². The van der Waals surface area contributed by atoms with Gasteiger partial charge in [0.15, 0.2) is 0 Å². The fourth-order valence-corrected chi connectivity index (χ4v) is 2.67. The maximum absolute atomic E-state index is 11.8. The normalized spacial score (nSPS) is 11.6. The van der Waals surface area contributed by atoms with Crippen LogP contribution in [0.15, 0.2) is 27.5 Å². The molecule has 0 saturated carbocycles. The lowest BCUT2D eigenvalue weighted by molar-refractivity contribution is 0.579. The van der Waals surface area contributed by atoms with E-state index in [4.69, 9.17) is 11.6 Å². The lowest BCUT2D eigenvalue weighted by atomic mass is 10.5. The summed E-state index contributed by atoms with van der Waals surface area (Å²) in [7, 11) is -3.72. The van der Waals surface area contributed by atoms with Crippen LogP contribution in [-0.4, -0.2) is 23.4 Å². The highest BCUT2D eigenvalue weighted by Gasteiger charge is 2.15. The number of hydrogen-bond acceptors (Lipinski definition) is 6. The lowest BCUT2D eigenvalue weighted by Gasteiger charge is -2.04. The van der Waals surface area contributed by atoms with E-state index in [2.05, 4.69) is 19.7 Å². The van der Waals surface area contributed by atoms with Gasteiger partial charge in [0.2, 0.25) is 15.3 Å². The Morgan fingerprint density at radius 3 is 2.61 bits per heavy atom. The summed E-state index contributed by atoms with van der Waals surface area (Å²) in [6.45, 7) is -0.0102. The van der Waals surface area contributed by atoms with Gasteiger partial charge in [-0.15, -0.1) is 0 Å². The maximum atomic E-state index is 11.8. The van der Waals surface area contributed by atoms with Gasteiger partial charge in [0.1, 0.15) is 4.90 Å². The average Bonchev–Trinajstić information content (AvgIpc) is 2.73. The molecule has 7 nitrogen and oxygen atoms in total. The Morgan fingerprint density at radius 2 is 2.06 bits per heavy atom. The summed E-state index contributed by atoms with van der Waals surface area (Å²) in [5.41, 5.74) is 0.489. The number of thiazole rings is 1. The first-order valence-corrected chi connectivity index (χ1v) is 7.35. The molecule has 0 aromatic carbocycles. The molecule has 96 valence electrons. The summed E-state index contributed by atoms with van der Waals surface area (Å²) < 4.78 is 25.9. The number of nitrogens with one attached hydrogen (secondary N) is 2. The van der Waals surface area contributed by atoms with Crippen molar-refractivity contribution in [2.45, 2.75) is 11.4 Å². The van der Waals surface area contributed by atoms with Crippen LogP contribution in [0, 0.1) is 0 Å². The van der Waals surface area contributed by atoms with E-state index < -0.39 is 10.0 Å². The fraction of sp³-hybridized carbons (Fsp3) is 0.125. The van der Waals surface area contributed by atoms with Gasteiger partial charge in [-0.1, -0.05) is 11.3 Å². The number of H-pyrrole nitrogens is 1. The smallest absolute Gasteiger partial charge is 0.304 e. The highest BCUT2D eigenvalue weighted by molar-refractivity contribution is 7.89. The van der Waals surface area contributed by atoms with Gasteiger partial charge in [-0.2, -0.15) is 0 Å². The van der Waals surface area contributed by atoms with Gasteiger partial charge in [-0.3, -0.25) is 4.79 Å². The molecule has 2 heterocycles. The largest absolute Gasteiger partial charge is 0.315 e. The third kappa shape index (κ3) is 3.13. The Morgan fingerprint density at radius 1 is 1.39 bits per heavy atom. The van der Waals surface area contributed by atoms with Gasteiger partial charge in [0.05, 0.1) is 18.9 Å². The van der Waals surface area contributed by atoms with Crippen LogP contribution in [0.1, 0.15) is 5.69 Å². The molecule has 0 aliphatic heterocycles. The summed E-state index contributed by atoms with van der Waals surface area (Å²) in [6.07, 6.45) is 2.21. The first kappa shape index (κ1) is 13.1. The molecule has 2 N–H and O–H groups in total. The van der Waals surface area contributed by atoms with Crippen LogP contribution in [0.25, 0.3) is 0 Å². The predicted octanol–water partition coefficient (Wildman–Crippen LogP) is 0.358. The molecule has 2 rings (SSSR count). The quantitative estimate of drug-likeness (QED) is 0.793. The van der Waals surface area contributed by atoms with Crippen molar-refractivity contribution in [3.63, 3.8) is 0 Å². The third-order valence-corrected chi connectivity index (χ3v) is 4.20. The van der Waals surface area contributed by atoms with E-state index in [0.717, 1.165) is 23.7 Å². The Kier molecular flexibility index (Phi) is 3.76.